The maximum atomic E-state index is 11.1. The number of fused-ring (bicyclic) bond motifs is 1. The van der Waals surface area contributed by atoms with E-state index >= 15 is 0 Å². The molecule has 0 aliphatic rings. The van der Waals surface area contributed by atoms with Crippen LogP contribution in [0.3, 0.4) is 0 Å². The second kappa shape index (κ2) is 3.34. The Labute approximate surface area is 94.8 Å². The van der Waals surface area contributed by atoms with Crippen molar-refractivity contribution < 1.29 is 14.6 Å². The fourth-order valence-electron chi connectivity index (χ4n) is 1.72. The summed E-state index contributed by atoms with van der Waals surface area (Å²) in [6, 6.07) is 5.61. The highest BCUT2D eigenvalue weighted by Crippen LogP contribution is 2.21. The molecule has 0 radical (unpaired) electrons. The maximum absolute atomic E-state index is 11.1. The third kappa shape index (κ3) is 1.43. The number of hydrogen-bond donors (Lipinski definition) is 1. The highest BCUT2D eigenvalue weighted by atomic mass is 79.9. The zero-order chi connectivity index (χ0) is 11.2. The smallest absolute Gasteiger partial charge is 0.404 e. The molecule has 0 aliphatic heterocycles. The van der Waals surface area contributed by atoms with E-state index in [4.69, 9.17) is 5.11 Å². The van der Waals surface area contributed by atoms with Gasteiger partial charge in [0.2, 0.25) is 0 Å². The van der Waals surface area contributed by atoms with Gasteiger partial charge in [0.1, 0.15) is 5.52 Å². The van der Waals surface area contributed by atoms with E-state index < -0.39 is 5.97 Å². The third-order valence-electron chi connectivity index (χ3n) is 2.54. The Balaban J connectivity index is 2.95. The Morgan fingerprint density at radius 1 is 1.53 bits per heavy atom. The zero-order valence-electron chi connectivity index (χ0n) is 8.36. The third-order valence-corrected chi connectivity index (χ3v) is 3.03. The van der Waals surface area contributed by atoms with Crippen LogP contribution in [-0.2, 0) is 14.1 Å². The van der Waals surface area contributed by atoms with Gasteiger partial charge in [0, 0.05) is 4.47 Å². The Hall–Kier alpha value is -1.36. The first-order valence-corrected chi connectivity index (χ1v) is 5.19. The summed E-state index contributed by atoms with van der Waals surface area (Å²) in [5, 5.41) is 9.86. The van der Waals surface area contributed by atoms with Crippen molar-refractivity contribution in [1.82, 2.24) is 4.68 Å². The molecule has 0 saturated heterocycles. The van der Waals surface area contributed by atoms with E-state index in [1.54, 1.807) is 11.7 Å². The van der Waals surface area contributed by atoms with Crippen LogP contribution in [0.5, 0.6) is 0 Å². The van der Waals surface area contributed by atoms with Crippen LogP contribution in [0.4, 0.5) is 0 Å². The van der Waals surface area contributed by atoms with E-state index in [0.717, 1.165) is 15.4 Å². The van der Waals surface area contributed by atoms with Crippen molar-refractivity contribution in [3.8, 4) is 0 Å². The molecule has 1 aromatic carbocycles. The summed E-state index contributed by atoms with van der Waals surface area (Å²) < 4.78 is 4.31. The van der Waals surface area contributed by atoms with Gasteiger partial charge in [-0.2, -0.15) is 4.68 Å². The second-order valence-electron chi connectivity index (χ2n) is 3.36. The molecule has 2 rings (SSSR count). The highest BCUT2D eigenvalue weighted by molar-refractivity contribution is 9.10. The van der Waals surface area contributed by atoms with E-state index in [9.17, 15) is 4.79 Å². The predicted molar refractivity (Wildman–Crippen MR) is 58.8 cm³/mol. The molecule has 78 valence electrons. The van der Waals surface area contributed by atoms with Crippen molar-refractivity contribution in [2.75, 3.05) is 0 Å². The van der Waals surface area contributed by atoms with E-state index in [2.05, 4.69) is 15.9 Å². The van der Waals surface area contributed by atoms with Gasteiger partial charge in [0.15, 0.2) is 7.05 Å². The standard InChI is InChI=1S/C10H9BrN2O2/c1-12-8-4-3-6(11)5-7(8)9(10(14)15)13(12)2/h3-5H,1-2H3/p+1. The first kappa shape index (κ1) is 10.2. The van der Waals surface area contributed by atoms with Gasteiger partial charge in [-0.15, -0.1) is 4.68 Å². The van der Waals surface area contributed by atoms with Crippen molar-refractivity contribution in [3.05, 3.63) is 28.4 Å². The Bertz CT molecular complexity index is 560. The zero-order valence-corrected chi connectivity index (χ0v) is 9.95. The molecule has 0 amide bonds. The van der Waals surface area contributed by atoms with Crippen LogP contribution in [0.15, 0.2) is 22.7 Å². The normalized spacial score (nSPS) is 10.9. The number of carboxylic acids is 1. The summed E-state index contributed by atoms with van der Waals surface area (Å²) in [4.78, 5) is 11.1. The van der Waals surface area contributed by atoms with Gasteiger partial charge in [-0.25, -0.2) is 4.79 Å². The summed E-state index contributed by atoms with van der Waals surface area (Å²) >= 11 is 3.34. The molecule has 15 heavy (non-hydrogen) atoms. The molecule has 2 aromatic rings. The monoisotopic (exact) mass is 269 g/mol. The number of carboxylic acid groups (broad SMARTS) is 1. The minimum atomic E-state index is -0.916. The van der Waals surface area contributed by atoms with Crippen LogP contribution in [0.25, 0.3) is 10.9 Å². The number of aromatic carboxylic acids is 1. The molecule has 1 N–H and O–H groups in total. The Morgan fingerprint density at radius 2 is 2.20 bits per heavy atom. The molecule has 0 unspecified atom stereocenters. The van der Waals surface area contributed by atoms with Crippen molar-refractivity contribution in [3.63, 3.8) is 0 Å². The van der Waals surface area contributed by atoms with Crippen LogP contribution in [-0.4, -0.2) is 15.8 Å². The average Bonchev–Trinajstić information content (AvgIpc) is 2.39. The highest BCUT2D eigenvalue weighted by Gasteiger charge is 2.26. The summed E-state index contributed by atoms with van der Waals surface area (Å²) in [6.45, 7) is 0. The summed E-state index contributed by atoms with van der Waals surface area (Å²) in [7, 11) is 3.57. The Kier molecular flexibility index (Phi) is 2.26. The summed E-state index contributed by atoms with van der Waals surface area (Å²) in [5.74, 6) is -0.916. The van der Waals surface area contributed by atoms with Crippen LogP contribution in [0.1, 0.15) is 10.5 Å². The van der Waals surface area contributed by atoms with Crippen LogP contribution in [0, 0.1) is 0 Å². The van der Waals surface area contributed by atoms with E-state index in [0.29, 0.717) is 5.69 Å². The summed E-state index contributed by atoms with van der Waals surface area (Å²) in [6.07, 6.45) is 0. The number of hydrogen-bond acceptors (Lipinski definition) is 1. The molecule has 0 fully saturated rings. The molecule has 0 aliphatic carbocycles. The maximum Gasteiger partial charge on any atom is 0.404 e. The van der Waals surface area contributed by atoms with Gasteiger partial charge in [-0.3, -0.25) is 0 Å². The van der Waals surface area contributed by atoms with Crippen LogP contribution >= 0.6 is 15.9 Å². The topological polar surface area (TPSA) is 46.1 Å². The molecule has 0 bridgehead atoms. The SMILES string of the molecule is Cn1c2ccc(Br)cc2c(C(=O)O)[n+]1C. The fourth-order valence-corrected chi connectivity index (χ4v) is 2.08. The van der Waals surface area contributed by atoms with Gasteiger partial charge in [-0.1, -0.05) is 15.9 Å². The van der Waals surface area contributed by atoms with Crippen LogP contribution in [0.2, 0.25) is 0 Å². The molecule has 4 nitrogen and oxygen atoms in total. The lowest BCUT2D eigenvalue weighted by Gasteiger charge is -1.91. The number of carbonyl (C=O) groups is 1. The number of aromatic nitrogens is 2. The van der Waals surface area contributed by atoms with Crippen LogP contribution < -0.4 is 4.68 Å². The first-order valence-electron chi connectivity index (χ1n) is 4.40. The number of rotatable bonds is 1. The van der Waals surface area contributed by atoms with Crippen molar-refractivity contribution in [1.29, 1.82) is 0 Å². The number of halogens is 1. The molecule has 0 atom stereocenters. The fraction of sp³-hybridized carbons (Fsp3) is 0.200. The molecular formula is C10H10BrN2O2+. The molecule has 0 saturated carbocycles. The number of benzene rings is 1. The van der Waals surface area contributed by atoms with Crippen molar-refractivity contribution >= 4 is 32.8 Å². The minimum Gasteiger partial charge on any atom is -0.473 e. The van der Waals surface area contributed by atoms with E-state index in [1.165, 1.54) is 0 Å². The number of aryl methyl sites for hydroxylation is 1. The van der Waals surface area contributed by atoms with E-state index in [1.807, 2.05) is 29.9 Å². The van der Waals surface area contributed by atoms with Gasteiger partial charge in [0.05, 0.1) is 12.4 Å². The largest absolute Gasteiger partial charge is 0.473 e. The van der Waals surface area contributed by atoms with Gasteiger partial charge in [-0.05, 0) is 18.2 Å². The minimum absolute atomic E-state index is 0.300. The molecule has 0 spiro atoms. The van der Waals surface area contributed by atoms with Gasteiger partial charge < -0.3 is 5.11 Å². The lowest BCUT2D eigenvalue weighted by Crippen LogP contribution is -2.42. The lowest BCUT2D eigenvalue weighted by atomic mass is 10.2. The number of nitrogens with zero attached hydrogens (tertiary/aromatic N) is 2. The van der Waals surface area contributed by atoms with E-state index in [-0.39, 0.29) is 0 Å². The second-order valence-corrected chi connectivity index (χ2v) is 4.28. The van der Waals surface area contributed by atoms with Crippen molar-refractivity contribution in [2.45, 2.75) is 0 Å². The average molecular weight is 270 g/mol. The summed E-state index contributed by atoms with van der Waals surface area (Å²) in [5.41, 5.74) is 1.20. The van der Waals surface area contributed by atoms with Gasteiger partial charge >= 0.3 is 11.7 Å². The Morgan fingerprint density at radius 3 is 2.80 bits per heavy atom. The molecule has 5 heteroatoms. The van der Waals surface area contributed by atoms with Gasteiger partial charge in [0.25, 0.3) is 0 Å². The molecule has 1 aromatic heterocycles. The lowest BCUT2D eigenvalue weighted by molar-refractivity contribution is -0.750. The molecule has 1 heterocycles. The van der Waals surface area contributed by atoms with Crippen molar-refractivity contribution in [2.24, 2.45) is 14.1 Å². The molecular weight excluding hydrogens is 260 g/mol. The predicted octanol–water partition coefficient (Wildman–Crippen LogP) is 1.46. The first-order chi connectivity index (χ1) is 7.02. The quantitative estimate of drug-likeness (QED) is 0.797.